The zero-order valence-electron chi connectivity index (χ0n) is 51.0. The van der Waals surface area contributed by atoms with E-state index in [4.69, 9.17) is 0 Å². The van der Waals surface area contributed by atoms with E-state index in [-0.39, 0.29) is 61.6 Å². The molecule has 3 N–H and O–H groups in total. The molecule has 0 saturated heterocycles. The third-order valence-electron chi connectivity index (χ3n) is 15.0. The highest BCUT2D eigenvalue weighted by molar-refractivity contribution is 7.94. The Morgan fingerprint density at radius 1 is 0.484 bits per heavy atom. The minimum absolute atomic E-state index is 0.00442. The number of nitrogens with one attached hydrogen (secondary N) is 3. The molecule has 2 unspecified atom stereocenters. The normalized spacial score (nSPS) is 16.4. The summed E-state index contributed by atoms with van der Waals surface area (Å²) in [6.07, 6.45) is 13.3. The molecule has 3 aromatic heterocycles. The molecule has 0 aliphatic carbocycles. The lowest BCUT2D eigenvalue weighted by molar-refractivity contribution is -0.0435. The van der Waals surface area contributed by atoms with Crippen molar-refractivity contribution in [2.24, 2.45) is 30.7 Å². The average Bonchev–Trinajstić information content (AvgIpc) is 1.57. The molecular weight excluding hydrogens is 1360 g/mol. The fourth-order valence-corrected chi connectivity index (χ4v) is 13.4. The van der Waals surface area contributed by atoms with Gasteiger partial charge in [0.15, 0.2) is 0 Å². The summed E-state index contributed by atoms with van der Waals surface area (Å²) in [6.45, 7) is 13.4. The van der Waals surface area contributed by atoms with Crippen LogP contribution < -0.4 is 28.9 Å². The lowest BCUT2D eigenvalue weighted by atomic mass is 9.92. The first-order chi connectivity index (χ1) is 44.0. The van der Waals surface area contributed by atoms with E-state index in [9.17, 15) is 64.8 Å². The molecule has 6 heterocycles. The number of nitrogens with zero attached hydrogens (tertiary/aromatic N) is 15. The number of anilines is 6. The van der Waals surface area contributed by atoms with Gasteiger partial charge in [-0.25, -0.2) is 0 Å². The van der Waals surface area contributed by atoms with Crippen molar-refractivity contribution in [2.75, 3.05) is 55.0 Å². The number of fused-ring (bicyclic) bond motifs is 3. The second kappa shape index (κ2) is 32.5. The summed E-state index contributed by atoms with van der Waals surface area (Å²) in [6, 6.07) is 10.1. The van der Waals surface area contributed by atoms with Crippen molar-refractivity contribution in [3.8, 4) is 0 Å². The van der Waals surface area contributed by atoms with Crippen LogP contribution in [0.5, 0.6) is 0 Å². The molecule has 0 bridgehead atoms. The van der Waals surface area contributed by atoms with Crippen LogP contribution >= 0.6 is 34.0 Å². The fourth-order valence-electron chi connectivity index (χ4n) is 10.5. The van der Waals surface area contributed by atoms with Crippen molar-refractivity contribution in [1.29, 1.82) is 0 Å². The Kier molecular flexibility index (Phi) is 25.7. The summed E-state index contributed by atoms with van der Waals surface area (Å²) in [5.41, 5.74) is -9.03. The summed E-state index contributed by atoms with van der Waals surface area (Å²) in [5, 5.41) is 46.1. The SMILES string of the molecule is CCCCCN1CCCc2c1ccc(N=Nc1nncs1)c2NS(=O)(=O)C(F)(F)F.CCCCCN1c2ccc(N=Nc3nncs3)c(NS(=O)(=O)C(F)(F)F)c2CCC1C.CCCCCN1c2ccc(N=Nc3nncs3)c(NS(=O)(=O)C(F)(F)F)c2CCC1CC. The Morgan fingerprint density at radius 3 is 1.23 bits per heavy atom. The number of unbranched alkanes of at least 4 members (excludes halogenated alkanes) is 6. The zero-order valence-corrected chi connectivity index (χ0v) is 55.9. The molecule has 3 aliphatic rings. The number of benzene rings is 3. The topological polar surface area (TPSA) is 300 Å². The largest absolute Gasteiger partial charge is 0.516 e. The highest BCUT2D eigenvalue weighted by Crippen LogP contribution is 2.47. The Balaban J connectivity index is 0.000000198. The number of azo groups is 3. The maximum absolute atomic E-state index is 13.2. The van der Waals surface area contributed by atoms with E-state index in [1.807, 2.05) is 0 Å². The maximum Gasteiger partial charge on any atom is 0.516 e. The molecule has 9 rings (SSSR count). The van der Waals surface area contributed by atoms with Gasteiger partial charge in [0, 0.05) is 72.0 Å². The number of hydrogen-bond donors (Lipinski definition) is 3. The number of sulfonamides is 3. The standard InChI is InChI=1S/C19H25F3N6O2S2.C18H23F3N6O2S2.C17H21F3N6O2S2/c1-3-5-6-11-28-13(4-2)7-8-14-16(28)10-9-15(24-26-18-25-23-12-31-18)17(14)27-32(29,30)19(20,21)22;1-3-4-5-10-27-12(2)6-7-13-15(27)9-8-14(23-25-17-24-22-11-30-17)16(13)26-31(28,29)18(19,20)21;1-2-3-4-9-26-10-5-6-12-14(26)8-7-13(22-24-16-23-21-11-29-16)15(12)25-30(27,28)17(18,19)20/h9-10,12-13,27H,3-8,11H2,1-2H3;8-9,11-12,26H,3-7,10H2,1-2H3;7-8,11,25H,2-6,9-10H2,1H3. The Bertz CT molecular complexity index is 3850. The molecule has 0 spiro atoms. The molecule has 3 aromatic carbocycles. The molecule has 510 valence electrons. The van der Waals surface area contributed by atoms with Crippen molar-refractivity contribution in [2.45, 2.75) is 166 Å². The Hall–Kier alpha value is -6.84. The molecule has 0 fully saturated rings. The van der Waals surface area contributed by atoms with E-state index in [0.717, 1.165) is 130 Å². The zero-order chi connectivity index (χ0) is 67.8. The number of halogens is 9. The summed E-state index contributed by atoms with van der Waals surface area (Å²) in [7, 11) is -16.9. The van der Waals surface area contributed by atoms with Gasteiger partial charge in [0.25, 0.3) is 15.4 Å². The summed E-state index contributed by atoms with van der Waals surface area (Å²) in [5.74, 6) is 0. The van der Waals surface area contributed by atoms with Crippen LogP contribution in [0.15, 0.2) is 83.6 Å². The van der Waals surface area contributed by atoms with Crippen molar-refractivity contribution in [3.63, 3.8) is 0 Å². The minimum atomic E-state index is -5.63. The lowest BCUT2D eigenvalue weighted by Gasteiger charge is -2.39. The smallest absolute Gasteiger partial charge is 0.371 e. The maximum atomic E-state index is 13.2. The minimum Gasteiger partial charge on any atom is -0.371 e. The first-order valence-corrected chi connectivity index (χ1v) is 36.7. The summed E-state index contributed by atoms with van der Waals surface area (Å²) >= 11 is 3.29. The molecule has 0 saturated carbocycles. The van der Waals surface area contributed by atoms with Crippen LogP contribution in [0, 0.1) is 0 Å². The number of alkyl halides is 9. The van der Waals surface area contributed by atoms with E-state index in [2.05, 4.69) is 111 Å². The summed E-state index contributed by atoms with van der Waals surface area (Å²) in [4.78, 5) is 6.36. The van der Waals surface area contributed by atoms with Crippen molar-refractivity contribution < 1.29 is 64.8 Å². The van der Waals surface area contributed by atoms with E-state index in [1.54, 1.807) is 32.4 Å². The van der Waals surface area contributed by atoms with Gasteiger partial charge < -0.3 is 14.7 Å². The number of hydrogen-bond acceptors (Lipinski definition) is 24. The van der Waals surface area contributed by atoms with Crippen molar-refractivity contribution in [3.05, 3.63) is 69.6 Å². The second-order valence-electron chi connectivity index (χ2n) is 21.4. The highest BCUT2D eigenvalue weighted by atomic mass is 32.2. The quantitative estimate of drug-likeness (QED) is 0.0273. The van der Waals surface area contributed by atoms with Gasteiger partial charge in [-0.1, -0.05) is 100 Å². The molecular formula is C54H69F9N18O6S6. The van der Waals surface area contributed by atoms with Crippen molar-refractivity contribution >= 4 is 131 Å². The Labute approximate surface area is 544 Å². The highest BCUT2D eigenvalue weighted by Gasteiger charge is 2.49. The van der Waals surface area contributed by atoms with Gasteiger partial charge in [-0.15, -0.1) is 61.3 Å². The van der Waals surface area contributed by atoms with Crippen LogP contribution in [0.4, 0.5) is 106 Å². The van der Waals surface area contributed by atoms with Gasteiger partial charge in [-0.05, 0) is 108 Å². The molecule has 3 aliphatic heterocycles. The second-order valence-corrected chi connectivity index (χ2v) is 28.8. The molecule has 0 radical (unpaired) electrons. The summed E-state index contributed by atoms with van der Waals surface area (Å²) < 4.78 is 195. The van der Waals surface area contributed by atoms with E-state index in [1.165, 1.54) is 34.7 Å². The van der Waals surface area contributed by atoms with E-state index in [0.29, 0.717) is 66.6 Å². The van der Waals surface area contributed by atoms with Crippen LogP contribution in [0.25, 0.3) is 0 Å². The van der Waals surface area contributed by atoms with E-state index < -0.39 is 46.6 Å². The average molecular weight is 1430 g/mol. The predicted molar refractivity (Wildman–Crippen MR) is 341 cm³/mol. The third-order valence-corrected chi connectivity index (χ3v) is 20.0. The van der Waals surface area contributed by atoms with Crippen LogP contribution in [0.1, 0.15) is 135 Å². The van der Waals surface area contributed by atoms with Crippen LogP contribution in [-0.4, -0.2) is 111 Å². The molecule has 39 heteroatoms. The van der Waals surface area contributed by atoms with E-state index >= 15 is 0 Å². The van der Waals surface area contributed by atoms with Crippen LogP contribution in [0.2, 0.25) is 0 Å². The fraction of sp³-hybridized carbons (Fsp3) is 0.556. The number of aromatic nitrogens is 6. The van der Waals surface area contributed by atoms with Gasteiger partial charge in [-0.3, -0.25) is 14.2 Å². The van der Waals surface area contributed by atoms with Gasteiger partial charge in [0.05, 0.1) is 17.1 Å². The van der Waals surface area contributed by atoms with Gasteiger partial charge in [0.1, 0.15) is 33.6 Å². The van der Waals surface area contributed by atoms with Gasteiger partial charge in [0.2, 0.25) is 0 Å². The van der Waals surface area contributed by atoms with Crippen molar-refractivity contribution in [1.82, 2.24) is 30.6 Å². The molecule has 6 aromatic rings. The van der Waals surface area contributed by atoms with Crippen LogP contribution in [0.3, 0.4) is 0 Å². The molecule has 24 nitrogen and oxygen atoms in total. The first-order valence-electron chi connectivity index (χ1n) is 29.6. The van der Waals surface area contributed by atoms with Gasteiger partial charge >= 0.3 is 46.6 Å². The Morgan fingerprint density at radius 2 is 0.849 bits per heavy atom. The molecule has 2 atom stereocenters. The first kappa shape index (κ1) is 73.6. The monoisotopic (exact) mass is 1430 g/mol. The third kappa shape index (κ3) is 19.2. The number of rotatable bonds is 25. The molecule has 0 amide bonds. The lowest BCUT2D eigenvalue weighted by Crippen LogP contribution is -2.40. The predicted octanol–water partition coefficient (Wildman–Crippen LogP) is 16.6. The molecule has 93 heavy (non-hydrogen) atoms. The van der Waals surface area contributed by atoms with Gasteiger partial charge in [-0.2, -0.15) is 64.8 Å². The van der Waals surface area contributed by atoms with Crippen LogP contribution in [-0.2, 0) is 49.3 Å².